The minimum absolute atomic E-state index is 0.0798. The van der Waals surface area contributed by atoms with Gasteiger partial charge in [0.15, 0.2) is 0 Å². The third-order valence-corrected chi connectivity index (χ3v) is 3.68. The Morgan fingerprint density at radius 1 is 0.565 bits per heavy atom. The zero-order valence-electron chi connectivity index (χ0n) is 12.1. The summed E-state index contributed by atoms with van der Waals surface area (Å²) in [6.45, 7) is 0. The summed E-state index contributed by atoms with van der Waals surface area (Å²) in [6, 6.07) is 19.2. The highest BCUT2D eigenvalue weighted by molar-refractivity contribution is 7.80. The van der Waals surface area contributed by atoms with Gasteiger partial charge in [-0.25, -0.2) is 0 Å². The van der Waals surface area contributed by atoms with Crippen molar-refractivity contribution >= 4 is 25.3 Å². The van der Waals surface area contributed by atoms with E-state index in [1.54, 1.807) is 12.1 Å². The number of hydrogen-bond donors (Lipinski definition) is 5. The molecule has 3 nitrogen and oxygen atoms in total. The normalized spacial score (nSPS) is 9.83. The van der Waals surface area contributed by atoms with E-state index in [0.717, 1.165) is 16.0 Å². The van der Waals surface area contributed by atoms with Crippen LogP contribution < -0.4 is 0 Å². The fraction of sp³-hybridized carbons (Fsp3) is 0. The number of rotatable bonds is 1. The number of phenols is 3. The van der Waals surface area contributed by atoms with Crippen molar-refractivity contribution in [2.75, 3.05) is 0 Å². The maximum absolute atomic E-state index is 9.14. The van der Waals surface area contributed by atoms with Gasteiger partial charge in [-0.15, -0.1) is 25.3 Å². The monoisotopic (exact) mass is 344 g/mol. The molecule has 118 valence electrons. The van der Waals surface area contributed by atoms with Crippen molar-refractivity contribution in [1.82, 2.24) is 0 Å². The summed E-state index contributed by atoms with van der Waals surface area (Å²) in [7, 11) is 0. The van der Waals surface area contributed by atoms with Crippen molar-refractivity contribution in [1.29, 1.82) is 0 Å². The Morgan fingerprint density at radius 2 is 1.04 bits per heavy atom. The van der Waals surface area contributed by atoms with Crippen LogP contribution in [-0.2, 0) is 0 Å². The van der Waals surface area contributed by atoms with Crippen LogP contribution >= 0.6 is 25.3 Å². The van der Waals surface area contributed by atoms with Gasteiger partial charge in [0.25, 0.3) is 0 Å². The van der Waals surface area contributed by atoms with Crippen molar-refractivity contribution in [2.45, 2.75) is 9.79 Å². The van der Waals surface area contributed by atoms with E-state index in [1.165, 1.54) is 18.2 Å². The molecule has 0 aromatic heterocycles. The SMILES string of the molecule is Oc1ccc(-c2ccc(S)cc2)cc1.Oc1ccc(O)c(S)c1. The van der Waals surface area contributed by atoms with Gasteiger partial charge in [0.1, 0.15) is 17.2 Å². The number of phenolic OH excluding ortho intramolecular Hbond substituents is 3. The van der Waals surface area contributed by atoms with Crippen molar-refractivity contribution in [2.24, 2.45) is 0 Å². The predicted molar refractivity (Wildman–Crippen MR) is 97.8 cm³/mol. The largest absolute Gasteiger partial charge is 0.508 e. The highest BCUT2D eigenvalue weighted by Crippen LogP contribution is 2.24. The van der Waals surface area contributed by atoms with Crippen molar-refractivity contribution in [3.63, 3.8) is 0 Å². The molecule has 0 atom stereocenters. The topological polar surface area (TPSA) is 60.7 Å². The van der Waals surface area contributed by atoms with Crippen LogP contribution in [0.15, 0.2) is 76.5 Å². The predicted octanol–water partition coefficient (Wildman–Crippen LogP) is 4.73. The first kappa shape index (κ1) is 17.1. The van der Waals surface area contributed by atoms with Crippen molar-refractivity contribution in [3.8, 4) is 28.4 Å². The van der Waals surface area contributed by atoms with E-state index in [2.05, 4.69) is 25.3 Å². The van der Waals surface area contributed by atoms with E-state index < -0.39 is 0 Å². The van der Waals surface area contributed by atoms with E-state index >= 15 is 0 Å². The lowest BCUT2D eigenvalue weighted by atomic mass is 10.1. The third-order valence-electron chi connectivity index (χ3n) is 3.03. The highest BCUT2D eigenvalue weighted by Gasteiger charge is 1.96. The number of aromatic hydroxyl groups is 3. The molecule has 23 heavy (non-hydrogen) atoms. The summed E-state index contributed by atoms with van der Waals surface area (Å²) in [5.74, 6) is 0.480. The summed E-state index contributed by atoms with van der Waals surface area (Å²) in [5.41, 5.74) is 2.22. The molecule has 0 saturated heterocycles. The average Bonchev–Trinajstić information content (AvgIpc) is 2.54. The second-order valence-electron chi connectivity index (χ2n) is 4.77. The summed E-state index contributed by atoms with van der Waals surface area (Å²) in [4.78, 5) is 1.34. The molecule has 0 aliphatic heterocycles. The maximum Gasteiger partial charge on any atom is 0.129 e. The maximum atomic E-state index is 9.14. The van der Waals surface area contributed by atoms with Gasteiger partial charge >= 0.3 is 0 Å². The van der Waals surface area contributed by atoms with Crippen LogP contribution in [0.5, 0.6) is 17.2 Å². The van der Waals surface area contributed by atoms with E-state index in [1.807, 2.05) is 36.4 Å². The molecule has 0 amide bonds. The van der Waals surface area contributed by atoms with Gasteiger partial charge in [-0.2, -0.15) is 0 Å². The lowest BCUT2D eigenvalue weighted by molar-refractivity contribution is 0.449. The fourth-order valence-electron chi connectivity index (χ4n) is 1.82. The molecule has 0 aliphatic carbocycles. The molecule has 3 aromatic carbocycles. The van der Waals surface area contributed by atoms with Crippen LogP contribution in [0.1, 0.15) is 0 Å². The second kappa shape index (κ2) is 7.85. The minimum Gasteiger partial charge on any atom is -0.508 e. The lowest BCUT2D eigenvalue weighted by Gasteiger charge is -2.01. The molecule has 3 rings (SSSR count). The Bertz CT molecular complexity index is 726. The van der Waals surface area contributed by atoms with Crippen LogP contribution in [-0.4, -0.2) is 15.3 Å². The molecular weight excluding hydrogens is 328 g/mol. The Hall–Kier alpha value is -2.24. The molecular formula is C18H16O3S2. The molecule has 0 aliphatic rings. The number of benzene rings is 3. The van der Waals surface area contributed by atoms with Crippen LogP contribution in [0.25, 0.3) is 11.1 Å². The van der Waals surface area contributed by atoms with Gasteiger partial charge < -0.3 is 15.3 Å². The number of thiol groups is 2. The molecule has 0 radical (unpaired) electrons. The van der Waals surface area contributed by atoms with Gasteiger partial charge in [-0.05, 0) is 53.6 Å². The average molecular weight is 344 g/mol. The molecule has 0 bridgehead atoms. The molecule has 3 N–H and O–H groups in total. The van der Waals surface area contributed by atoms with Crippen LogP contribution in [0.3, 0.4) is 0 Å². The lowest BCUT2D eigenvalue weighted by Crippen LogP contribution is -1.76. The van der Waals surface area contributed by atoms with E-state index in [0.29, 0.717) is 10.6 Å². The zero-order valence-corrected chi connectivity index (χ0v) is 13.9. The van der Waals surface area contributed by atoms with Gasteiger partial charge in [-0.3, -0.25) is 0 Å². The molecule has 0 heterocycles. The molecule has 5 heteroatoms. The van der Waals surface area contributed by atoms with Crippen LogP contribution in [0.2, 0.25) is 0 Å². The van der Waals surface area contributed by atoms with E-state index in [9.17, 15) is 0 Å². The van der Waals surface area contributed by atoms with Crippen LogP contribution in [0.4, 0.5) is 0 Å². The second-order valence-corrected chi connectivity index (χ2v) is 5.76. The summed E-state index contributed by atoms with van der Waals surface area (Å²) < 4.78 is 0. The number of hydrogen-bond acceptors (Lipinski definition) is 5. The van der Waals surface area contributed by atoms with E-state index in [4.69, 9.17) is 15.3 Å². The van der Waals surface area contributed by atoms with E-state index in [-0.39, 0.29) is 11.5 Å². The highest BCUT2D eigenvalue weighted by atomic mass is 32.1. The molecule has 3 aromatic rings. The van der Waals surface area contributed by atoms with Crippen molar-refractivity contribution < 1.29 is 15.3 Å². The van der Waals surface area contributed by atoms with Gasteiger partial charge in [-0.1, -0.05) is 24.3 Å². The minimum atomic E-state index is 0.0798. The Balaban J connectivity index is 0.000000185. The molecule has 0 saturated carbocycles. The molecule has 0 fully saturated rings. The molecule has 0 unspecified atom stereocenters. The quantitative estimate of drug-likeness (QED) is 0.327. The molecule has 0 spiro atoms. The first-order valence-corrected chi connectivity index (χ1v) is 7.64. The van der Waals surface area contributed by atoms with Crippen molar-refractivity contribution in [3.05, 3.63) is 66.7 Å². The van der Waals surface area contributed by atoms with Gasteiger partial charge in [0, 0.05) is 9.79 Å². The summed E-state index contributed by atoms with van der Waals surface area (Å²) >= 11 is 8.08. The van der Waals surface area contributed by atoms with Crippen LogP contribution in [0, 0.1) is 0 Å². The first-order chi connectivity index (χ1) is 11.0. The smallest absolute Gasteiger partial charge is 0.129 e. The standard InChI is InChI=1S/C12H10OS.C6H6O2S/c13-11-5-1-9(2-6-11)10-3-7-12(14)8-4-10;7-4-1-2-5(8)6(9)3-4/h1-8,13-14H;1-3,7-9H. The zero-order chi connectivity index (χ0) is 16.8. The third kappa shape index (κ3) is 5.16. The summed E-state index contributed by atoms with van der Waals surface area (Å²) in [5, 5.41) is 26.8. The summed E-state index contributed by atoms with van der Waals surface area (Å²) in [6.07, 6.45) is 0. The Labute approximate surface area is 145 Å². The van der Waals surface area contributed by atoms with Gasteiger partial charge in [0.2, 0.25) is 0 Å². The Morgan fingerprint density at radius 3 is 1.52 bits per heavy atom. The first-order valence-electron chi connectivity index (χ1n) is 6.75. The fourth-order valence-corrected chi connectivity index (χ4v) is 2.18. The Kier molecular flexibility index (Phi) is 5.84. The van der Waals surface area contributed by atoms with Gasteiger partial charge in [0.05, 0.1) is 0 Å².